The van der Waals surface area contributed by atoms with E-state index in [0.717, 1.165) is 37.4 Å². The highest BCUT2D eigenvalue weighted by Crippen LogP contribution is 2.25. The third kappa shape index (κ3) is 4.75. The summed E-state index contributed by atoms with van der Waals surface area (Å²) in [5, 5.41) is 4.99. The molecule has 2 aliphatic rings. The van der Waals surface area contributed by atoms with Gasteiger partial charge in [0.15, 0.2) is 0 Å². The summed E-state index contributed by atoms with van der Waals surface area (Å²) in [6, 6.07) is 3.96. The summed E-state index contributed by atoms with van der Waals surface area (Å²) in [6.07, 6.45) is 3.00. The van der Waals surface area contributed by atoms with Crippen LogP contribution < -0.4 is 5.32 Å². The third-order valence-electron chi connectivity index (χ3n) is 5.23. The zero-order valence-electron chi connectivity index (χ0n) is 15.2. The Labute approximate surface area is 154 Å². The van der Waals surface area contributed by atoms with E-state index in [2.05, 4.69) is 19.2 Å². The lowest BCUT2D eigenvalue weighted by molar-refractivity contribution is -0.139. The Morgan fingerprint density at radius 1 is 1.20 bits per heavy atom. The van der Waals surface area contributed by atoms with Gasteiger partial charge in [0.25, 0.3) is 0 Å². The summed E-state index contributed by atoms with van der Waals surface area (Å²) in [5.74, 6) is 1.34. The Hall–Kier alpha value is -1.56. The van der Waals surface area contributed by atoms with E-state index in [-0.39, 0.29) is 17.9 Å². The first-order chi connectivity index (χ1) is 12.0. The van der Waals surface area contributed by atoms with Crippen LogP contribution in [0.4, 0.5) is 4.79 Å². The molecule has 0 radical (unpaired) electrons. The fraction of sp³-hybridized carbons (Fsp3) is 0.684. The van der Waals surface area contributed by atoms with E-state index in [1.165, 1.54) is 6.42 Å². The number of amides is 3. The van der Waals surface area contributed by atoms with E-state index >= 15 is 0 Å². The molecule has 0 aromatic carbocycles. The first-order valence-electron chi connectivity index (χ1n) is 9.37. The van der Waals surface area contributed by atoms with Crippen LogP contribution in [0.2, 0.25) is 0 Å². The van der Waals surface area contributed by atoms with E-state index in [1.807, 2.05) is 27.3 Å². The molecule has 0 spiro atoms. The standard InChI is InChI=1S/C19H29N3O2S/c1-14-9-15(2)12-22(11-14)18(23)16-5-3-7-21(13-16)19(24)20-10-17-6-4-8-25-17/h4,6,8,14-16H,3,5,7,9-13H2,1-2H3,(H,20,24). The summed E-state index contributed by atoms with van der Waals surface area (Å²) in [5.41, 5.74) is 0. The maximum Gasteiger partial charge on any atom is 0.317 e. The Bertz CT molecular complexity index is 579. The average molecular weight is 364 g/mol. The van der Waals surface area contributed by atoms with Crippen molar-refractivity contribution < 1.29 is 9.59 Å². The zero-order chi connectivity index (χ0) is 17.8. The molecule has 3 unspecified atom stereocenters. The summed E-state index contributed by atoms with van der Waals surface area (Å²) in [6.45, 7) is 8.03. The monoisotopic (exact) mass is 363 g/mol. The molecule has 2 saturated heterocycles. The second-order valence-electron chi connectivity index (χ2n) is 7.71. The highest BCUT2D eigenvalue weighted by molar-refractivity contribution is 7.09. The molecule has 3 heterocycles. The van der Waals surface area contributed by atoms with Crippen LogP contribution in [0.25, 0.3) is 0 Å². The van der Waals surface area contributed by atoms with Crippen molar-refractivity contribution in [3.8, 4) is 0 Å². The first-order valence-corrected chi connectivity index (χ1v) is 10.2. The molecule has 0 bridgehead atoms. The van der Waals surface area contributed by atoms with Crippen LogP contribution in [0.5, 0.6) is 0 Å². The van der Waals surface area contributed by atoms with Crippen LogP contribution in [-0.4, -0.2) is 47.9 Å². The number of hydrogen-bond donors (Lipinski definition) is 1. The normalized spacial score (nSPS) is 27.2. The quantitative estimate of drug-likeness (QED) is 0.897. The summed E-state index contributed by atoms with van der Waals surface area (Å²) in [4.78, 5) is 30.4. The minimum absolute atomic E-state index is 0.0428. The van der Waals surface area contributed by atoms with Crippen molar-refractivity contribution in [2.24, 2.45) is 17.8 Å². The van der Waals surface area contributed by atoms with E-state index in [4.69, 9.17) is 0 Å². The first kappa shape index (κ1) is 18.2. The number of rotatable bonds is 3. The summed E-state index contributed by atoms with van der Waals surface area (Å²) < 4.78 is 0. The average Bonchev–Trinajstić information content (AvgIpc) is 3.12. The summed E-state index contributed by atoms with van der Waals surface area (Å²) >= 11 is 1.64. The van der Waals surface area contributed by atoms with E-state index in [0.29, 0.717) is 24.9 Å². The van der Waals surface area contributed by atoms with Gasteiger partial charge in [-0.1, -0.05) is 19.9 Å². The number of piperidine rings is 2. The maximum absolute atomic E-state index is 12.9. The van der Waals surface area contributed by atoms with Gasteiger partial charge in [-0.15, -0.1) is 11.3 Å². The van der Waals surface area contributed by atoms with Crippen molar-refractivity contribution in [2.75, 3.05) is 26.2 Å². The smallest absolute Gasteiger partial charge is 0.317 e. The number of thiophene rings is 1. The van der Waals surface area contributed by atoms with Gasteiger partial charge >= 0.3 is 6.03 Å². The number of carbonyl (C=O) groups is 2. The van der Waals surface area contributed by atoms with Gasteiger partial charge in [0.05, 0.1) is 12.5 Å². The highest BCUT2D eigenvalue weighted by atomic mass is 32.1. The van der Waals surface area contributed by atoms with Gasteiger partial charge in [-0.25, -0.2) is 4.79 Å². The molecule has 5 nitrogen and oxygen atoms in total. The van der Waals surface area contributed by atoms with Crippen LogP contribution in [-0.2, 0) is 11.3 Å². The molecule has 6 heteroatoms. The fourth-order valence-corrected chi connectivity index (χ4v) is 4.80. The highest BCUT2D eigenvalue weighted by Gasteiger charge is 2.33. The number of carbonyl (C=O) groups excluding carboxylic acids is 2. The Morgan fingerprint density at radius 3 is 2.64 bits per heavy atom. The van der Waals surface area contributed by atoms with Crippen molar-refractivity contribution in [1.29, 1.82) is 0 Å². The van der Waals surface area contributed by atoms with Crippen LogP contribution >= 0.6 is 11.3 Å². The predicted octanol–water partition coefficient (Wildman–Crippen LogP) is 3.17. The second kappa shape index (κ2) is 8.21. The van der Waals surface area contributed by atoms with Crippen molar-refractivity contribution >= 4 is 23.3 Å². The molecule has 1 aromatic rings. The number of hydrogen-bond acceptors (Lipinski definition) is 3. The molecular weight excluding hydrogens is 334 g/mol. The lowest BCUT2D eigenvalue weighted by Gasteiger charge is -2.39. The van der Waals surface area contributed by atoms with Gasteiger partial charge in [-0.3, -0.25) is 4.79 Å². The molecule has 138 valence electrons. The fourth-order valence-electron chi connectivity index (χ4n) is 4.15. The van der Waals surface area contributed by atoms with Crippen LogP contribution in [0.3, 0.4) is 0 Å². The van der Waals surface area contributed by atoms with E-state index in [1.54, 1.807) is 11.3 Å². The Balaban J connectivity index is 1.53. The molecule has 3 amide bonds. The number of urea groups is 1. The topological polar surface area (TPSA) is 52.7 Å². The van der Waals surface area contributed by atoms with Gasteiger partial charge in [0, 0.05) is 31.1 Å². The van der Waals surface area contributed by atoms with Gasteiger partial charge in [-0.05, 0) is 42.5 Å². The molecule has 0 saturated carbocycles. The molecule has 3 atom stereocenters. The van der Waals surface area contributed by atoms with Crippen LogP contribution in [0.1, 0.15) is 38.0 Å². The minimum Gasteiger partial charge on any atom is -0.342 e. The van der Waals surface area contributed by atoms with Crippen LogP contribution in [0, 0.1) is 17.8 Å². The molecule has 0 aliphatic carbocycles. The SMILES string of the molecule is CC1CC(C)CN(C(=O)C2CCCN(C(=O)NCc3cccs3)C2)C1. The third-order valence-corrected chi connectivity index (χ3v) is 6.11. The molecule has 1 N–H and O–H groups in total. The Morgan fingerprint density at radius 2 is 1.96 bits per heavy atom. The van der Waals surface area contributed by atoms with Crippen molar-refractivity contribution in [3.05, 3.63) is 22.4 Å². The second-order valence-corrected chi connectivity index (χ2v) is 8.74. The van der Waals surface area contributed by atoms with E-state index in [9.17, 15) is 9.59 Å². The molecule has 2 aliphatic heterocycles. The molecule has 1 aromatic heterocycles. The summed E-state index contributed by atoms with van der Waals surface area (Å²) in [7, 11) is 0. The van der Waals surface area contributed by atoms with Crippen LogP contribution in [0.15, 0.2) is 17.5 Å². The molecule has 2 fully saturated rings. The maximum atomic E-state index is 12.9. The van der Waals surface area contributed by atoms with Gasteiger partial charge in [-0.2, -0.15) is 0 Å². The molecule has 25 heavy (non-hydrogen) atoms. The van der Waals surface area contributed by atoms with Crippen molar-refractivity contribution in [2.45, 2.75) is 39.7 Å². The molecule has 3 rings (SSSR count). The van der Waals surface area contributed by atoms with Gasteiger partial charge in [0.2, 0.25) is 5.91 Å². The Kier molecular flexibility index (Phi) is 5.99. The number of likely N-dealkylation sites (tertiary alicyclic amines) is 2. The van der Waals surface area contributed by atoms with Gasteiger partial charge < -0.3 is 15.1 Å². The van der Waals surface area contributed by atoms with E-state index < -0.39 is 0 Å². The predicted molar refractivity (Wildman–Crippen MR) is 100 cm³/mol. The largest absolute Gasteiger partial charge is 0.342 e. The van der Waals surface area contributed by atoms with Crippen molar-refractivity contribution in [3.63, 3.8) is 0 Å². The number of nitrogens with zero attached hydrogens (tertiary/aromatic N) is 2. The van der Waals surface area contributed by atoms with Crippen molar-refractivity contribution in [1.82, 2.24) is 15.1 Å². The molecular formula is C19H29N3O2S. The minimum atomic E-state index is -0.0497. The zero-order valence-corrected chi connectivity index (χ0v) is 16.1. The lowest BCUT2D eigenvalue weighted by Crippen LogP contribution is -2.51. The van der Waals surface area contributed by atoms with Gasteiger partial charge in [0.1, 0.15) is 0 Å². The number of nitrogens with one attached hydrogen (secondary N) is 1. The lowest BCUT2D eigenvalue weighted by atomic mass is 9.89.